The summed E-state index contributed by atoms with van der Waals surface area (Å²) in [5.41, 5.74) is 0.668. The number of nitrogens with zero attached hydrogens (tertiary/aromatic N) is 2. The molecular formula is C18H17ClF3N3O. The van der Waals surface area contributed by atoms with Gasteiger partial charge in [0, 0.05) is 42.6 Å². The molecule has 26 heavy (non-hydrogen) atoms. The average molecular weight is 384 g/mol. The van der Waals surface area contributed by atoms with Crippen molar-refractivity contribution in [2.24, 2.45) is 0 Å². The SMILES string of the molecule is O=C(Nc1cccc(Cl)c1)N1CCN(c2ccc(C(F)(F)F)cc2)CC1. The van der Waals surface area contributed by atoms with Crippen molar-refractivity contribution in [1.29, 1.82) is 0 Å². The molecular weight excluding hydrogens is 367 g/mol. The number of rotatable bonds is 2. The van der Waals surface area contributed by atoms with Crippen LogP contribution >= 0.6 is 11.6 Å². The number of alkyl halides is 3. The molecule has 1 fully saturated rings. The first kappa shape index (κ1) is 18.4. The topological polar surface area (TPSA) is 35.6 Å². The van der Waals surface area contributed by atoms with E-state index in [0.717, 1.165) is 12.1 Å². The fraction of sp³-hybridized carbons (Fsp3) is 0.278. The Morgan fingerprint density at radius 3 is 2.23 bits per heavy atom. The Hall–Kier alpha value is -2.41. The Morgan fingerprint density at radius 2 is 1.65 bits per heavy atom. The second-order valence-electron chi connectivity index (χ2n) is 5.96. The van der Waals surface area contributed by atoms with E-state index in [9.17, 15) is 18.0 Å². The monoisotopic (exact) mass is 383 g/mol. The van der Waals surface area contributed by atoms with Crippen LogP contribution in [0, 0.1) is 0 Å². The molecule has 0 unspecified atom stereocenters. The van der Waals surface area contributed by atoms with Crippen molar-refractivity contribution in [2.45, 2.75) is 6.18 Å². The third-order valence-corrected chi connectivity index (χ3v) is 4.44. The summed E-state index contributed by atoms with van der Waals surface area (Å²) < 4.78 is 37.9. The number of hydrogen-bond acceptors (Lipinski definition) is 2. The van der Waals surface area contributed by atoms with Gasteiger partial charge in [-0.1, -0.05) is 17.7 Å². The van der Waals surface area contributed by atoms with E-state index >= 15 is 0 Å². The molecule has 2 amide bonds. The maximum absolute atomic E-state index is 12.6. The molecule has 0 radical (unpaired) electrons. The molecule has 0 spiro atoms. The molecule has 3 rings (SSSR count). The van der Waals surface area contributed by atoms with Crippen LogP contribution in [0.2, 0.25) is 5.02 Å². The summed E-state index contributed by atoms with van der Waals surface area (Å²) in [5.74, 6) is 0. The van der Waals surface area contributed by atoms with Crippen molar-refractivity contribution in [3.63, 3.8) is 0 Å². The van der Waals surface area contributed by atoms with Gasteiger partial charge in [0.2, 0.25) is 0 Å². The molecule has 8 heteroatoms. The molecule has 0 atom stereocenters. The maximum Gasteiger partial charge on any atom is 0.416 e. The van der Waals surface area contributed by atoms with E-state index in [1.165, 1.54) is 12.1 Å². The zero-order chi connectivity index (χ0) is 18.7. The van der Waals surface area contributed by atoms with Crippen LogP contribution in [0.4, 0.5) is 29.3 Å². The van der Waals surface area contributed by atoms with Gasteiger partial charge in [0.05, 0.1) is 5.56 Å². The third kappa shape index (κ3) is 4.40. The molecule has 2 aromatic rings. The molecule has 0 bridgehead atoms. The van der Waals surface area contributed by atoms with Gasteiger partial charge in [0.15, 0.2) is 0 Å². The predicted molar refractivity (Wildman–Crippen MR) is 95.7 cm³/mol. The number of carbonyl (C=O) groups is 1. The van der Waals surface area contributed by atoms with Crippen molar-refractivity contribution >= 4 is 29.0 Å². The number of halogens is 4. The quantitative estimate of drug-likeness (QED) is 0.815. The fourth-order valence-corrected chi connectivity index (χ4v) is 2.99. The van der Waals surface area contributed by atoms with Gasteiger partial charge < -0.3 is 15.1 Å². The van der Waals surface area contributed by atoms with Crippen molar-refractivity contribution < 1.29 is 18.0 Å². The maximum atomic E-state index is 12.6. The molecule has 1 heterocycles. The molecule has 1 aliphatic rings. The van der Waals surface area contributed by atoms with Gasteiger partial charge in [-0.05, 0) is 42.5 Å². The highest BCUT2D eigenvalue weighted by molar-refractivity contribution is 6.30. The lowest BCUT2D eigenvalue weighted by Crippen LogP contribution is -2.50. The van der Waals surface area contributed by atoms with Crippen LogP contribution < -0.4 is 10.2 Å². The summed E-state index contributed by atoms with van der Waals surface area (Å²) in [6.45, 7) is 2.06. The first-order chi connectivity index (χ1) is 12.3. The lowest BCUT2D eigenvalue weighted by atomic mass is 10.1. The minimum Gasteiger partial charge on any atom is -0.368 e. The van der Waals surface area contributed by atoms with Gasteiger partial charge >= 0.3 is 12.2 Å². The molecule has 1 aliphatic heterocycles. The third-order valence-electron chi connectivity index (χ3n) is 4.20. The largest absolute Gasteiger partial charge is 0.416 e. The Kier molecular flexibility index (Phi) is 5.27. The van der Waals surface area contributed by atoms with Gasteiger partial charge in [0.25, 0.3) is 0 Å². The number of nitrogens with one attached hydrogen (secondary N) is 1. The Labute approximate surface area is 154 Å². The second-order valence-corrected chi connectivity index (χ2v) is 6.40. The van der Waals surface area contributed by atoms with Crippen LogP contribution in [0.3, 0.4) is 0 Å². The average Bonchev–Trinajstić information content (AvgIpc) is 2.61. The number of carbonyl (C=O) groups excluding carboxylic acids is 1. The smallest absolute Gasteiger partial charge is 0.368 e. The molecule has 0 aromatic heterocycles. The predicted octanol–water partition coefficient (Wildman–Crippen LogP) is 4.71. The molecule has 138 valence electrons. The Balaban J connectivity index is 1.56. The number of piperazine rings is 1. The van der Waals surface area contributed by atoms with E-state index in [1.54, 1.807) is 29.2 Å². The van der Waals surface area contributed by atoms with Gasteiger partial charge in [0.1, 0.15) is 0 Å². The molecule has 1 N–H and O–H groups in total. The van der Waals surface area contributed by atoms with Gasteiger partial charge in [-0.15, -0.1) is 0 Å². The summed E-state index contributed by atoms with van der Waals surface area (Å²) >= 11 is 5.90. The van der Waals surface area contributed by atoms with E-state index < -0.39 is 11.7 Å². The zero-order valence-electron chi connectivity index (χ0n) is 13.8. The highest BCUT2D eigenvalue weighted by atomic mass is 35.5. The number of anilines is 2. The fourth-order valence-electron chi connectivity index (χ4n) is 2.80. The normalized spacial score (nSPS) is 15.1. The number of hydrogen-bond donors (Lipinski definition) is 1. The lowest BCUT2D eigenvalue weighted by Gasteiger charge is -2.36. The van der Waals surface area contributed by atoms with Crippen molar-refractivity contribution in [1.82, 2.24) is 4.90 Å². The van der Waals surface area contributed by atoms with Crippen LogP contribution in [0.15, 0.2) is 48.5 Å². The van der Waals surface area contributed by atoms with Crippen LogP contribution in [0.25, 0.3) is 0 Å². The summed E-state index contributed by atoms with van der Waals surface area (Å²) in [7, 11) is 0. The van der Waals surface area contributed by atoms with E-state index in [0.29, 0.717) is 42.6 Å². The Morgan fingerprint density at radius 1 is 1.00 bits per heavy atom. The molecule has 0 aliphatic carbocycles. The highest BCUT2D eigenvalue weighted by Gasteiger charge is 2.30. The zero-order valence-corrected chi connectivity index (χ0v) is 14.5. The van der Waals surface area contributed by atoms with Crippen molar-refractivity contribution in [3.8, 4) is 0 Å². The van der Waals surface area contributed by atoms with Crippen LogP contribution in [0.1, 0.15) is 5.56 Å². The second kappa shape index (κ2) is 7.45. The highest BCUT2D eigenvalue weighted by Crippen LogP contribution is 2.30. The Bertz CT molecular complexity index is 772. The summed E-state index contributed by atoms with van der Waals surface area (Å²) in [4.78, 5) is 15.9. The van der Waals surface area contributed by atoms with Gasteiger partial charge in [-0.2, -0.15) is 13.2 Å². The molecule has 1 saturated heterocycles. The molecule has 0 saturated carbocycles. The summed E-state index contributed by atoms with van der Waals surface area (Å²) in [5, 5.41) is 3.33. The van der Waals surface area contributed by atoms with E-state index in [-0.39, 0.29) is 6.03 Å². The number of urea groups is 1. The summed E-state index contributed by atoms with van der Waals surface area (Å²) in [6, 6.07) is 11.7. The van der Waals surface area contributed by atoms with Crippen LogP contribution in [0.5, 0.6) is 0 Å². The van der Waals surface area contributed by atoms with Crippen LogP contribution in [-0.4, -0.2) is 37.1 Å². The van der Waals surface area contributed by atoms with Crippen molar-refractivity contribution in [2.75, 3.05) is 36.4 Å². The van der Waals surface area contributed by atoms with E-state index in [4.69, 9.17) is 11.6 Å². The molecule has 4 nitrogen and oxygen atoms in total. The minimum atomic E-state index is -4.34. The summed E-state index contributed by atoms with van der Waals surface area (Å²) in [6.07, 6.45) is -4.34. The van der Waals surface area contributed by atoms with E-state index in [1.807, 2.05) is 4.90 Å². The number of amides is 2. The molecule has 2 aromatic carbocycles. The number of benzene rings is 2. The lowest BCUT2D eigenvalue weighted by molar-refractivity contribution is -0.137. The van der Waals surface area contributed by atoms with E-state index in [2.05, 4.69) is 5.32 Å². The standard InChI is InChI=1S/C18H17ClF3N3O/c19-14-2-1-3-15(12-14)23-17(26)25-10-8-24(9-11-25)16-6-4-13(5-7-16)18(20,21)22/h1-7,12H,8-11H2,(H,23,26). The van der Waals surface area contributed by atoms with Gasteiger partial charge in [-0.3, -0.25) is 0 Å². The minimum absolute atomic E-state index is 0.223. The van der Waals surface area contributed by atoms with Gasteiger partial charge in [-0.25, -0.2) is 4.79 Å². The van der Waals surface area contributed by atoms with Crippen LogP contribution in [-0.2, 0) is 6.18 Å². The first-order valence-corrected chi connectivity index (χ1v) is 8.44. The first-order valence-electron chi connectivity index (χ1n) is 8.06. The van der Waals surface area contributed by atoms with Crippen molar-refractivity contribution in [3.05, 3.63) is 59.1 Å².